The van der Waals surface area contributed by atoms with Crippen molar-refractivity contribution >= 4 is 43.6 Å². The van der Waals surface area contributed by atoms with Crippen LogP contribution in [0.15, 0.2) is 194 Å². The maximum Gasteiger partial charge on any atom is 0.132 e. The topological polar surface area (TPSA) is 44.9 Å². The smallest absolute Gasteiger partial charge is 0.132 e. The molecule has 13 rings (SSSR count). The van der Waals surface area contributed by atoms with Crippen molar-refractivity contribution in [3.05, 3.63) is 217 Å². The van der Waals surface area contributed by atoms with Crippen molar-refractivity contribution in [1.82, 2.24) is 19.1 Å². The van der Waals surface area contributed by atoms with Gasteiger partial charge in [-0.3, -0.25) is 9.97 Å². The first-order chi connectivity index (χ1) is 28.8. The third-order valence-electron chi connectivity index (χ3n) is 12.5. The molecule has 1 aliphatic heterocycles. The molecule has 2 aliphatic rings. The lowest BCUT2D eigenvalue weighted by Gasteiger charge is -2.39. The summed E-state index contributed by atoms with van der Waals surface area (Å²) in [4.78, 5) is 10.4. The molecule has 5 heterocycles. The lowest BCUT2D eigenvalue weighted by molar-refractivity contribution is 0.436. The van der Waals surface area contributed by atoms with Crippen LogP contribution < -0.4 is 4.74 Å². The van der Waals surface area contributed by atoms with Gasteiger partial charge >= 0.3 is 0 Å². The maximum atomic E-state index is 6.83. The van der Waals surface area contributed by atoms with Crippen molar-refractivity contribution < 1.29 is 4.74 Å². The molecule has 0 saturated heterocycles. The monoisotopic (exact) mass is 740 g/mol. The van der Waals surface area contributed by atoms with E-state index in [9.17, 15) is 0 Å². The van der Waals surface area contributed by atoms with Gasteiger partial charge in [-0.2, -0.15) is 0 Å². The van der Waals surface area contributed by atoms with Crippen molar-refractivity contribution in [2.24, 2.45) is 0 Å². The molecule has 0 radical (unpaired) electrons. The zero-order valence-corrected chi connectivity index (χ0v) is 31.2. The highest BCUT2D eigenvalue weighted by molar-refractivity contribution is 6.11. The maximum absolute atomic E-state index is 6.83. The minimum Gasteiger partial charge on any atom is -0.457 e. The van der Waals surface area contributed by atoms with Gasteiger partial charge in [-0.25, -0.2) is 0 Å². The highest BCUT2D eigenvalue weighted by Crippen LogP contribution is 2.62. The van der Waals surface area contributed by atoms with Crippen LogP contribution in [0.2, 0.25) is 0 Å². The van der Waals surface area contributed by atoms with E-state index in [1.807, 2.05) is 12.4 Å². The third-order valence-corrected chi connectivity index (χ3v) is 12.5. The molecule has 0 N–H and O–H groups in total. The number of nitrogens with zero attached hydrogens (tertiary/aromatic N) is 4. The normalized spacial score (nSPS) is 15.1. The summed E-state index contributed by atoms with van der Waals surface area (Å²) in [7, 11) is 0. The summed E-state index contributed by atoms with van der Waals surface area (Å²) < 4.78 is 11.6. The van der Waals surface area contributed by atoms with Crippen molar-refractivity contribution in [3.8, 4) is 45.4 Å². The molecule has 5 heteroatoms. The lowest BCUT2D eigenvalue weighted by atomic mass is 9.66. The van der Waals surface area contributed by atoms with Gasteiger partial charge in [0.2, 0.25) is 0 Å². The molecule has 4 aromatic heterocycles. The summed E-state index contributed by atoms with van der Waals surface area (Å²) >= 11 is 0. The van der Waals surface area contributed by atoms with Crippen LogP contribution in [-0.4, -0.2) is 19.1 Å². The van der Waals surface area contributed by atoms with E-state index in [4.69, 9.17) is 14.7 Å². The average Bonchev–Trinajstić information content (AvgIpc) is 3.91. The van der Waals surface area contributed by atoms with E-state index < -0.39 is 5.41 Å². The SMILES string of the molecule is c1ccc(-n2c3ccccc3c3cc(-c4cnc5c(c4)C4(c6ccccc6Oc6ccc(-n7c8ccccc8c8ccccc87)cc64)c4cccnc4-5)ccc32)cc1. The minimum absolute atomic E-state index is 0.742. The fourth-order valence-electron chi connectivity index (χ4n) is 10.1. The van der Waals surface area contributed by atoms with E-state index in [-0.39, 0.29) is 0 Å². The second-order valence-electron chi connectivity index (χ2n) is 15.3. The highest BCUT2D eigenvalue weighted by atomic mass is 16.5. The number of para-hydroxylation sites is 5. The number of hydrogen-bond donors (Lipinski definition) is 0. The Balaban J connectivity index is 1.08. The first kappa shape index (κ1) is 31.4. The van der Waals surface area contributed by atoms with Crippen LogP contribution in [0.5, 0.6) is 11.5 Å². The van der Waals surface area contributed by atoms with Gasteiger partial charge in [-0.1, -0.05) is 103 Å². The number of pyridine rings is 2. The minimum atomic E-state index is -0.742. The van der Waals surface area contributed by atoms with E-state index in [1.165, 1.54) is 32.6 Å². The standard InChI is InChI=1S/C53H32N4O/c1-2-13-35(14-3-1)56-47-22-10-6-17-39(47)40-29-33(24-26-48(40)56)34-30-44-52(55-32-34)51-42(19-12-28-54-51)53(44)41-18-7-11-23-49(41)58-50-27-25-36(31-43(50)53)57-45-20-8-4-15-37(45)38-16-5-9-21-46(38)57/h1-32H. The van der Waals surface area contributed by atoms with Gasteiger partial charge in [0.25, 0.3) is 0 Å². The van der Waals surface area contributed by atoms with E-state index >= 15 is 0 Å². The molecule has 7 aromatic carbocycles. The Kier molecular flexibility index (Phi) is 6.31. The highest BCUT2D eigenvalue weighted by Gasteiger charge is 2.52. The Labute approximate surface area is 333 Å². The van der Waals surface area contributed by atoms with Crippen LogP contribution >= 0.6 is 0 Å². The predicted molar refractivity (Wildman–Crippen MR) is 234 cm³/mol. The second-order valence-corrected chi connectivity index (χ2v) is 15.3. The molecule has 0 amide bonds. The molecule has 5 nitrogen and oxygen atoms in total. The Hall–Kier alpha value is -7.76. The largest absolute Gasteiger partial charge is 0.457 e. The van der Waals surface area contributed by atoms with Gasteiger partial charge in [-0.15, -0.1) is 0 Å². The molecule has 0 fully saturated rings. The Morgan fingerprint density at radius 3 is 1.76 bits per heavy atom. The number of ether oxygens (including phenoxy) is 1. The predicted octanol–water partition coefficient (Wildman–Crippen LogP) is 12.8. The average molecular weight is 741 g/mol. The molecular formula is C53H32N4O. The molecule has 270 valence electrons. The summed E-state index contributed by atoms with van der Waals surface area (Å²) in [5.74, 6) is 1.66. The molecule has 1 spiro atoms. The van der Waals surface area contributed by atoms with Gasteiger partial charge in [-0.05, 0) is 90.0 Å². The zero-order chi connectivity index (χ0) is 38.0. The van der Waals surface area contributed by atoms with Crippen LogP contribution in [-0.2, 0) is 5.41 Å². The van der Waals surface area contributed by atoms with Gasteiger partial charge in [0, 0.05) is 67.6 Å². The third kappa shape index (κ3) is 4.09. The molecule has 1 unspecified atom stereocenters. The number of hydrogen-bond acceptors (Lipinski definition) is 3. The summed E-state index contributed by atoms with van der Waals surface area (Å²) in [5, 5.41) is 4.88. The Morgan fingerprint density at radius 1 is 0.379 bits per heavy atom. The number of rotatable bonds is 3. The van der Waals surface area contributed by atoms with E-state index in [2.05, 4.69) is 191 Å². The first-order valence-corrected chi connectivity index (χ1v) is 19.7. The van der Waals surface area contributed by atoms with Crippen LogP contribution in [0.1, 0.15) is 22.3 Å². The molecule has 58 heavy (non-hydrogen) atoms. The zero-order valence-electron chi connectivity index (χ0n) is 31.2. The molecule has 0 saturated carbocycles. The van der Waals surface area contributed by atoms with E-state index in [0.29, 0.717) is 0 Å². The lowest BCUT2D eigenvalue weighted by Crippen LogP contribution is -2.32. The van der Waals surface area contributed by atoms with E-state index in [1.54, 1.807) is 0 Å². The molecule has 11 aromatic rings. The van der Waals surface area contributed by atoms with Crippen LogP contribution in [0.3, 0.4) is 0 Å². The van der Waals surface area contributed by atoms with Crippen LogP contribution in [0, 0.1) is 0 Å². The van der Waals surface area contributed by atoms with Crippen molar-refractivity contribution in [2.45, 2.75) is 5.41 Å². The Morgan fingerprint density at radius 2 is 0.983 bits per heavy atom. The van der Waals surface area contributed by atoms with Crippen molar-refractivity contribution in [3.63, 3.8) is 0 Å². The Bertz CT molecular complexity index is 3450. The molecule has 1 aliphatic carbocycles. The van der Waals surface area contributed by atoms with Gasteiger partial charge < -0.3 is 13.9 Å². The van der Waals surface area contributed by atoms with Crippen molar-refractivity contribution in [1.29, 1.82) is 0 Å². The van der Waals surface area contributed by atoms with Gasteiger partial charge in [0.1, 0.15) is 11.5 Å². The molecule has 0 bridgehead atoms. The molecule has 1 atom stereocenters. The number of aromatic nitrogens is 4. The summed E-state index contributed by atoms with van der Waals surface area (Å²) in [6.45, 7) is 0. The quantitative estimate of drug-likeness (QED) is 0.181. The first-order valence-electron chi connectivity index (χ1n) is 19.7. The summed E-state index contributed by atoms with van der Waals surface area (Å²) in [6, 6.07) is 65.3. The van der Waals surface area contributed by atoms with E-state index in [0.717, 1.165) is 78.7 Å². The fraction of sp³-hybridized carbons (Fsp3) is 0.0189. The molecular weight excluding hydrogens is 709 g/mol. The fourth-order valence-corrected chi connectivity index (χ4v) is 10.1. The summed E-state index contributed by atoms with van der Waals surface area (Å²) in [6.07, 6.45) is 3.91. The van der Waals surface area contributed by atoms with Crippen molar-refractivity contribution in [2.75, 3.05) is 0 Å². The second kappa shape index (κ2) is 11.6. The van der Waals surface area contributed by atoms with Crippen LogP contribution in [0.4, 0.5) is 0 Å². The number of benzene rings is 7. The summed E-state index contributed by atoms with van der Waals surface area (Å²) in [5.41, 5.74) is 14.5. The number of fused-ring (bicyclic) bond motifs is 15. The van der Waals surface area contributed by atoms with Gasteiger partial charge in [0.15, 0.2) is 0 Å². The van der Waals surface area contributed by atoms with Crippen LogP contribution in [0.25, 0.3) is 77.5 Å². The van der Waals surface area contributed by atoms with Gasteiger partial charge in [0.05, 0.1) is 38.9 Å².